The summed E-state index contributed by atoms with van der Waals surface area (Å²) in [6.07, 6.45) is 37.6. The molecule has 14 atom stereocenters. The molecule has 0 bridgehead atoms. The summed E-state index contributed by atoms with van der Waals surface area (Å²) in [6.45, 7) is 27.4. The van der Waals surface area contributed by atoms with E-state index in [2.05, 4.69) is 125 Å². The van der Waals surface area contributed by atoms with E-state index >= 15 is 0 Å². The van der Waals surface area contributed by atoms with Crippen LogP contribution in [0.2, 0.25) is 0 Å². The highest BCUT2D eigenvalue weighted by Crippen LogP contribution is 2.68. The summed E-state index contributed by atoms with van der Waals surface area (Å²) < 4.78 is 24.9. The third kappa shape index (κ3) is 15.7. The summed E-state index contributed by atoms with van der Waals surface area (Å²) in [5.41, 5.74) is 6.30. The number of ketones is 2. The number of carbonyl (C=O) groups is 2. The topological polar surface area (TPSA) is 186 Å². The molecule has 7 fully saturated rings. The zero-order chi connectivity index (χ0) is 67.5. The van der Waals surface area contributed by atoms with Gasteiger partial charge in [0, 0.05) is 115 Å². The third-order valence-corrected chi connectivity index (χ3v) is 26.5. The Morgan fingerprint density at radius 2 is 1.11 bits per heavy atom. The van der Waals surface area contributed by atoms with E-state index in [1.165, 1.54) is 24.8 Å². The Kier molecular flexibility index (Phi) is 25.1. The van der Waals surface area contributed by atoms with Crippen LogP contribution < -0.4 is 30.9 Å². The van der Waals surface area contributed by atoms with Crippen LogP contribution in [0.1, 0.15) is 285 Å². The molecule has 95 heavy (non-hydrogen) atoms. The van der Waals surface area contributed by atoms with Crippen molar-refractivity contribution < 1.29 is 33.6 Å². The lowest BCUT2D eigenvalue weighted by atomic mass is 9.46. The molecule has 9 unspecified atom stereocenters. The third-order valence-electron chi connectivity index (χ3n) is 26.5. The number of aromatic amines is 1. The second kappa shape index (κ2) is 32.6. The monoisotopic (exact) mass is 1310 g/mol. The summed E-state index contributed by atoms with van der Waals surface area (Å²) in [6, 6.07) is 13.6. The van der Waals surface area contributed by atoms with Crippen molar-refractivity contribution in [3.05, 3.63) is 106 Å². The standard InChI is InChI=1S/C35H52N2O4.C33H50N2O3.C13H22N2O/c1-5-25(6-2)37-30(7-3)31-22-26(13-18-36-31)39-19-17-34-14-12-28-27(29(34)10-11-32(34)38)9-8-24-23-35(40-20-21-41-35)16-15-33(24,28)4;1-5-23(6-2)35-29(7-3)30-21-25(14-18-34-30)38-19-17-33-16-13-27-26(28(33)10-11-31(33)37)9-8-22-20-24(36)12-15-32(22,27)4;1-4-10(5-2)15-12(6-3)13-9-11(16)7-8-14-13/h13,18,22-23,25,27-30,37H,5-12,14-17,19-21H2,1-4H3;14,18,20-21,23,26-29,31,35,37H,5-13,15-17,19H2,1-4H3;7-10,12,15H,4-6H2,1-3H3,(H,14,16)/t27?,28?,29?,30?,33-,34+;26?,27?,28?,29?,31-,32-,33+;/m00./s1. The van der Waals surface area contributed by atoms with Crippen LogP contribution in [0.25, 0.3) is 0 Å². The van der Waals surface area contributed by atoms with E-state index in [1.807, 2.05) is 30.6 Å². The van der Waals surface area contributed by atoms with Gasteiger partial charge in [-0.05, 0) is 225 Å². The zero-order valence-electron chi connectivity index (χ0n) is 60.5. The molecule has 5 N–H and O–H groups in total. The number of hydrogen-bond donors (Lipinski definition) is 5. The smallest absolute Gasteiger partial charge is 0.188 e. The van der Waals surface area contributed by atoms with Crippen LogP contribution in [0.3, 0.4) is 0 Å². The first kappa shape index (κ1) is 73.2. The summed E-state index contributed by atoms with van der Waals surface area (Å²) in [5, 5.41) is 22.5. The maximum absolute atomic E-state index is 13.6. The number of ether oxygens (including phenoxy) is 4. The molecule has 1 saturated heterocycles. The predicted molar refractivity (Wildman–Crippen MR) is 380 cm³/mol. The highest BCUT2D eigenvalue weighted by Gasteiger charge is 2.63. The Labute approximate surface area is 571 Å². The first-order valence-electron chi connectivity index (χ1n) is 38.5. The van der Waals surface area contributed by atoms with Crippen LogP contribution in [0.15, 0.2) is 83.1 Å². The van der Waals surface area contributed by atoms with Gasteiger partial charge in [-0.1, -0.05) is 87.3 Å². The van der Waals surface area contributed by atoms with Crippen LogP contribution in [0.5, 0.6) is 11.5 Å². The van der Waals surface area contributed by atoms with Crippen molar-refractivity contribution in [3.63, 3.8) is 0 Å². The van der Waals surface area contributed by atoms with E-state index in [1.54, 1.807) is 23.9 Å². The fourth-order valence-electron chi connectivity index (χ4n) is 20.7. The molecule has 0 aromatic carbocycles. The number of H-pyrrole nitrogens is 1. The molecule has 3 aromatic heterocycles. The molecule has 14 nitrogen and oxygen atoms in total. The molecule has 4 heterocycles. The highest BCUT2D eigenvalue weighted by atomic mass is 16.7. The first-order chi connectivity index (χ1) is 45.9. The largest absolute Gasteiger partial charge is 0.493 e. The second-order valence-electron chi connectivity index (χ2n) is 30.9. The van der Waals surface area contributed by atoms with Crippen molar-refractivity contribution in [2.45, 2.75) is 298 Å². The second-order valence-corrected chi connectivity index (χ2v) is 30.9. The molecule has 6 saturated carbocycles. The average Bonchev–Trinajstić information content (AvgIpc) is 1.71. The minimum Gasteiger partial charge on any atom is -0.493 e. The first-order valence-corrected chi connectivity index (χ1v) is 38.5. The van der Waals surface area contributed by atoms with Crippen molar-refractivity contribution in [3.8, 4) is 11.5 Å². The maximum atomic E-state index is 13.6. The Balaban J connectivity index is 0.000000169. The Bertz CT molecular complexity index is 3110. The van der Waals surface area contributed by atoms with Crippen LogP contribution >= 0.6 is 0 Å². The number of Topliss-reactive ketones (excluding diaryl/α,β-unsaturated/α-hetero) is 1. The fourth-order valence-corrected chi connectivity index (χ4v) is 20.7. The highest BCUT2D eigenvalue weighted by molar-refractivity contribution is 5.91. The molecule has 0 radical (unpaired) electrons. The number of aliphatic hydroxyl groups is 1. The van der Waals surface area contributed by atoms with Gasteiger partial charge in [-0.15, -0.1) is 0 Å². The van der Waals surface area contributed by atoms with Gasteiger partial charge in [0.05, 0.1) is 43.9 Å². The Morgan fingerprint density at radius 3 is 1.68 bits per heavy atom. The number of fused-ring (bicyclic) bond motifs is 10. The van der Waals surface area contributed by atoms with Gasteiger partial charge >= 0.3 is 0 Å². The van der Waals surface area contributed by atoms with E-state index in [-0.39, 0.29) is 51.3 Å². The van der Waals surface area contributed by atoms with E-state index in [0.29, 0.717) is 98.0 Å². The van der Waals surface area contributed by atoms with Crippen LogP contribution in [-0.4, -0.2) is 88.1 Å². The number of rotatable bonds is 26. The fraction of sp³-hybridized carbons (Fsp3) is 0.741. The van der Waals surface area contributed by atoms with Crippen LogP contribution in [0.4, 0.5) is 0 Å². The van der Waals surface area contributed by atoms with E-state index < -0.39 is 5.79 Å². The lowest BCUT2D eigenvalue weighted by Crippen LogP contribution is -2.53. The zero-order valence-corrected chi connectivity index (χ0v) is 60.5. The molecule has 0 amide bonds. The van der Waals surface area contributed by atoms with Gasteiger partial charge in [0.25, 0.3) is 0 Å². The molecule has 526 valence electrons. The van der Waals surface area contributed by atoms with Gasteiger partial charge in [-0.2, -0.15) is 0 Å². The molecule has 1 spiro atoms. The number of hydrogen-bond acceptors (Lipinski definition) is 13. The van der Waals surface area contributed by atoms with Crippen molar-refractivity contribution in [2.24, 2.45) is 57.2 Å². The van der Waals surface area contributed by atoms with Crippen molar-refractivity contribution in [1.29, 1.82) is 0 Å². The van der Waals surface area contributed by atoms with Crippen molar-refractivity contribution in [2.75, 3.05) is 26.4 Å². The molecular weight excluding hydrogens is 1180 g/mol. The van der Waals surface area contributed by atoms with Gasteiger partial charge in [0.2, 0.25) is 0 Å². The van der Waals surface area contributed by atoms with Gasteiger partial charge in [-0.3, -0.25) is 24.4 Å². The number of nitrogens with one attached hydrogen (secondary N) is 4. The number of allylic oxidation sites excluding steroid dienone is 2. The van der Waals surface area contributed by atoms with Gasteiger partial charge in [-0.25, -0.2) is 0 Å². The number of aromatic nitrogens is 3. The minimum atomic E-state index is -0.464. The summed E-state index contributed by atoms with van der Waals surface area (Å²) in [4.78, 5) is 49.6. The van der Waals surface area contributed by atoms with Crippen LogP contribution in [-0.2, 0) is 19.1 Å². The molecule has 3 aromatic rings. The summed E-state index contributed by atoms with van der Waals surface area (Å²) in [7, 11) is 0. The lowest BCUT2D eigenvalue weighted by Gasteiger charge is -2.58. The van der Waals surface area contributed by atoms with Gasteiger partial charge in [0.1, 0.15) is 17.3 Å². The van der Waals surface area contributed by atoms with Crippen LogP contribution in [0, 0.1) is 57.2 Å². The van der Waals surface area contributed by atoms with E-state index in [4.69, 9.17) is 18.9 Å². The van der Waals surface area contributed by atoms with E-state index in [0.717, 1.165) is 176 Å². The molecule has 12 rings (SSSR count). The number of pyridine rings is 3. The maximum Gasteiger partial charge on any atom is 0.188 e. The van der Waals surface area contributed by atoms with Crippen molar-refractivity contribution in [1.82, 2.24) is 30.9 Å². The normalized spacial score (nSPS) is 31.3. The Morgan fingerprint density at radius 1 is 0.558 bits per heavy atom. The summed E-state index contributed by atoms with van der Waals surface area (Å²) in [5.74, 6) is 5.78. The number of carbonyl (C=O) groups excluding carboxylic acids is 2. The minimum absolute atomic E-state index is 0.0257. The SMILES string of the molecule is CCC(CC)NC(CC)c1cc(=O)cc[nH]1.CCC(CC)NC(CC)c1cc(OCC[C@]23CCC4C(CCC5=CC(=O)CC[C@@]54C)C2CC[C@@H]3O)ccn1.CCC(CC)NC(CC)c1cc(OCC[C@]23CCC4C(CCC5=CC6(CC[C@@]54C)OCCO6)C2CCC3=O)ccn1. The molecule has 1 aliphatic heterocycles. The molecule has 9 aliphatic rings. The van der Waals surface area contributed by atoms with Crippen molar-refractivity contribution >= 4 is 11.6 Å². The quantitative estimate of drug-likeness (QED) is 0.0479. The average molecular weight is 1310 g/mol. The number of aliphatic hydroxyl groups excluding tert-OH is 1. The summed E-state index contributed by atoms with van der Waals surface area (Å²) >= 11 is 0. The molecule has 14 heteroatoms. The molecule has 8 aliphatic carbocycles. The van der Waals surface area contributed by atoms with E-state index in [9.17, 15) is 19.5 Å². The van der Waals surface area contributed by atoms with Gasteiger partial charge < -0.3 is 45.0 Å². The predicted octanol–water partition coefficient (Wildman–Crippen LogP) is 16.9. The van der Waals surface area contributed by atoms with Gasteiger partial charge in [0.15, 0.2) is 17.0 Å². The Hall–Kier alpha value is -4.57. The molecular formula is C81H124N6O8. The lowest BCUT2D eigenvalue weighted by molar-refractivity contribution is -0.148. The number of nitrogens with zero attached hydrogens (tertiary/aromatic N) is 2.